The van der Waals surface area contributed by atoms with Gasteiger partial charge in [-0.25, -0.2) is 0 Å². The molecule has 3 aromatic carbocycles. The molecule has 1 N–H and O–H groups in total. The summed E-state index contributed by atoms with van der Waals surface area (Å²) in [7, 11) is 0. The molecule has 27 heavy (non-hydrogen) atoms. The third-order valence-corrected chi connectivity index (χ3v) is 5.75. The van der Waals surface area contributed by atoms with E-state index in [1.54, 1.807) is 0 Å². The molecule has 0 bridgehead atoms. The maximum Gasteiger partial charge on any atom is 0.127 e. The van der Waals surface area contributed by atoms with Crippen molar-refractivity contribution in [1.82, 2.24) is 0 Å². The van der Waals surface area contributed by atoms with Gasteiger partial charge in [0.15, 0.2) is 0 Å². The largest absolute Gasteiger partial charge is 0.457 e. The Labute approximate surface area is 160 Å². The average molecular weight is 353 g/mol. The van der Waals surface area contributed by atoms with E-state index in [1.807, 2.05) is 30.3 Å². The van der Waals surface area contributed by atoms with Crippen LogP contribution in [0.2, 0.25) is 0 Å². The van der Waals surface area contributed by atoms with E-state index >= 15 is 0 Å². The Balaban J connectivity index is 1.48. The molecular formula is C25H23NO. The summed E-state index contributed by atoms with van der Waals surface area (Å²) in [5.41, 5.74) is 5.23. The molecule has 1 aliphatic heterocycles. The molecule has 1 heterocycles. The number of fused-ring (bicyclic) bond motifs is 3. The van der Waals surface area contributed by atoms with E-state index in [4.69, 9.17) is 4.74 Å². The van der Waals surface area contributed by atoms with E-state index in [-0.39, 0.29) is 0 Å². The Kier molecular flexibility index (Phi) is 3.97. The third-order valence-electron chi connectivity index (χ3n) is 5.75. The number of para-hydroxylation sites is 1. The zero-order chi connectivity index (χ0) is 18.2. The normalized spacial score (nSPS) is 22.6. The van der Waals surface area contributed by atoms with Gasteiger partial charge in [0.2, 0.25) is 0 Å². The molecule has 0 radical (unpaired) electrons. The fourth-order valence-corrected chi connectivity index (χ4v) is 4.36. The van der Waals surface area contributed by atoms with Gasteiger partial charge in [0, 0.05) is 11.6 Å². The minimum absolute atomic E-state index is 0.346. The number of aryl methyl sites for hydroxylation is 1. The second-order valence-corrected chi connectivity index (χ2v) is 7.55. The summed E-state index contributed by atoms with van der Waals surface area (Å²) in [5.74, 6) is 2.76. The number of anilines is 1. The lowest BCUT2D eigenvalue weighted by Crippen LogP contribution is -2.29. The zero-order valence-corrected chi connectivity index (χ0v) is 15.4. The smallest absolute Gasteiger partial charge is 0.127 e. The molecule has 2 nitrogen and oxygen atoms in total. The topological polar surface area (TPSA) is 21.3 Å². The summed E-state index contributed by atoms with van der Waals surface area (Å²) in [4.78, 5) is 0. The van der Waals surface area contributed by atoms with Crippen LogP contribution in [0.3, 0.4) is 0 Å². The molecule has 2 aliphatic rings. The Morgan fingerprint density at radius 2 is 1.70 bits per heavy atom. The van der Waals surface area contributed by atoms with Crippen LogP contribution in [0.15, 0.2) is 84.9 Å². The molecular weight excluding hydrogens is 330 g/mol. The Morgan fingerprint density at radius 3 is 2.52 bits per heavy atom. The number of allylic oxidation sites excluding steroid dienone is 2. The van der Waals surface area contributed by atoms with Crippen molar-refractivity contribution < 1.29 is 4.74 Å². The molecule has 2 heteroatoms. The van der Waals surface area contributed by atoms with Gasteiger partial charge in [0.25, 0.3) is 0 Å². The Morgan fingerprint density at radius 1 is 0.889 bits per heavy atom. The molecule has 3 atom stereocenters. The zero-order valence-electron chi connectivity index (χ0n) is 15.4. The van der Waals surface area contributed by atoms with E-state index in [2.05, 4.69) is 66.9 Å². The van der Waals surface area contributed by atoms with Crippen molar-refractivity contribution in [3.63, 3.8) is 0 Å². The number of benzene rings is 3. The van der Waals surface area contributed by atoms with Crippen LogP contribution >= 0.6 is 0 Å². The van der Waals surface area contributed by atoms with Gasteiger partial charge in [-0.3, -0.25) is 0 Å². The molecule has 0 aromatic heterocycles. The molecule has 1 aliphatic carbocycles. The quantitative estimate of drug-likeness (QED) is 0.535. The van der Waals surface area contributed by atoms with E-state index in [9.17, 15) is 0 Å². The van der Waals surface area contributed by atoms with Crippen LogP contribution in [0.5, 0.6) is 11.5 Å². The van der Waals surface area contributed by atoms with Gasteiger partial charge in [-0.1, -0.05) is 60.2 Å². The molecule has 0 amide bonds. The van der Waals surface area contributed by atoms with Crippen molar-refractivity contribution in [2.24, 2.45) is 5.92 Å². The number of nitrogens with one attached hydrogen (secondary N) is 1. The van der Waals surface area contributed by atoms with Crippen LogP contribution in [0, 0.1) is 12.8 Å². The minimum Gasteiger partial charge on any atom is -0.457 e. The highest BCUT2D eigenvalue weighted by molar-refractivity contribution is 5.62. The molecule has 0 saturated heterocycles. The van der Waals surface area contributed by atoms with Crippen molar-refractivity contribution in [2.45, 2.75) is 25.3 Å². The summed E-state index contributed by atoms with van der Waals surface area (Å²) < 4.78 is 6.07. The van der Waals surface area contributed by atoms with Crippen molar-refractivity contribution in [1.29, 1.82) is 0 Å². The lowest BCUT2D eigenvalue weighted by Gasteiger charge is -2.37. The second-order valence-electron chi connectivity index (χ2n) is 7.55. The van der Waals surface area contributed by atoms with Crippen molar-refractivity contribution in [3.05, 3.63) is 102 Å². The Hall–Kier alpha value is -3.00. The van der Waals surface area contributed by atoms with Crippen molar-refractivity contribution >= 4 is 5.69 Å². The predicted octanol–water partition coefficient (Wildman–Crippen LogP) is 6.61. The first-order chi connectivity index (χ1) is 13.3. The molecule has 0 saturated carbocycles. The standard InChI is InChI=1S/C25H23NO/c1-17-10-12-18(13-11-17)25-22-9-5-8-21(22)23-16-20(14-15-24(23)26-25)27-19-6-3-2-4-7-19/h2-8,10-16,21-22,25-26H,9H2,1H3/t21-,22+,25+/m1/s1. The molecule has 134 valence electrons. The SMILES string of the molecule is Cc1ccc([C@@H]2Nc3ccc(Oc4ccccc4)cc3[C@@H]3C=CC[C@@H]32)cc1. The first-order valence-electron chi connectivity index (χ1n) is 9.64. The van der Waals surface area contributed by atoms with Gasteiger partial charge in [-0.2, -0.15) is 0 Å². The highest BCUT2D eigenvalue weighted by Gasteiger charge is 2.37. The average Bonchev–Trinajstić information content (AvgIpc) is 3.19. The summed E-state index contributed by atoms with van der Waals surface area (Å²) in [6.07, 6.45) is 5.81. The second kappa shape index (κ2) is 6.62. The van der Waals surface area contributed by atoms with Gasteiger partial charge in [0.05, 0.1) is 6.04 Å². The minimum atomic E-state index is 0.346. The third kappa shape index (κ3) is 3.02. The number of hydrogen-bond acceptors (Lipinski definition) is 2. The van der Waals surface area contributed by atoms with Crippen LogP contribution in [0.25, 0.3) is 0 Å². The van der Waals surface area contributed by atoms with Gasteiger partial charge >= 0.3 is 0 Å². The fourth-order valence-electron chi connectivity index (χ4n) is 4.36. The summed E-state index contributed by atoms with van der Waals surface area (Å²) in [6.45, 7) is 2.14. The number of rotatable bonds is 3. The first kappa shape index (κ1) is 16.2. The van der Waals surface area contributed by atoms with E-state index in [0.717, 1.165) is 17.9 Å². The van der Waals surface area contributed by atoms with E-state index in [1.165, 1.54) is 22.4 Å². The van der Waals surface area contributed by atoms with Crippen LogP contribution in [-0.2, 0) is 0 Å². The Bertz CT molecular complexity index is 975. The van der Waals surface area contributed by atoms with Crippen molar-refractivity contribution in [2.75, 3.05) is 5.32 Å². The lowest BCUT2D eigenvalue weighted by molar-refractivity contribution is 0.422. The van der Waals surface area contributed by atoms with Crippen LogP contribution in [-0.4, -0.2) is 0 Å². The van der Waals surface area contributed by atoms with E-state index < -0.39 is 0 Å². The van der Waals surface area contributed by atoms with Crippen LogP contribution < -0.4 is 10.1 Å². The van der Waals surface area contributed by atoms with E-state index in [0.29, 0.717) is 17.9 Å². The fraction of sp³-hybridized carbons (Fsp3) is 0.200. The summed E-state index contributed by atoms with van der Waals surface area (Å²) >= 11 is 0. The molecule has 0 fully saturated rings. The number of ether oxygens (including phenoxy) is 1. The summed E-state index contributed by atoms with van der Waals surface area (Å²) in [6, 6.07) is 25.7. The van der Waals surface area contributed by atoms with Gasteiger partial charge in [-0.15, -0.1) is 0 Å². The van der Waals surface area contributed by atoms with Crippen molar-refractivity contribution in [3.8, 4) is 11.5 Å². The van der Waals surface area contributed by atoms with Gasteiger partial charge in [0.1, 0.15) is 11.5 Å². The van der Waals surface area contributed by atoms with Crippen LogP contribution in [0.1, 0.15) is 35.1 Å². The first-order valence-corrected chi connectivity index (χ1v) is 9.64. The van der Waals surface area contributed by atoms with Gasteiger partial charge in [-0.05, 0) is 60.7 Å². The monoisotopic (exact) mass is 353 g/mol. The molecule has 3 aromatic rings. The highest BCUT2D eigenvalue weighted by atomic mass is 16.5. The molecule has 5 rings (SSSR count). The lowest BCUT2D eigenvalue weighted by atomic mass is 9.77. The van der Waals surface area contributed by atoms with Gasteiger partial charge < -0.3 is 10.1 Å². The maximum absolute atomic E-state index is 6.07. The molecule has 0 unspecified atom stereocenters. The number of hydrogen-bond donors (Lipinski definition) is 1. The maximum atomic E-state index is 6.07. The predicted molar refractivity (Wildman–Crippen MR) is 110 cm³/mol. The summed E-state index contributed by atoms with van der Waals surface area (Å²) in [5, 5.41) is 3.80. The molecule has 0 spiro atoms. The van der Waals surface area contributed by atoms with Crippen LogP contribution in [0.4, 0.5) is 5.69 Å². The highest BCUT2D eigenvalue weighted by Crippen LogP contribution is 2.50.